The molecule has 0 bridgehead atoms. The Balaban J connectivity index is 2.23. The molecule has 4 heteroatoms. The molecule has 0 unspecified atom stereocenters. The van der Waals surface area contributed by atoms with Crippen molar-refractivity contribution in [2.24, 2.45) is 0 Å². The summed E-state index contributed by atoms with van der Waals surface area (Å²) in [6.45, 7) is 0.0491. The van der Waals surface area contributed by atoms with Crippen LogP contribution in [0.5, 0.6) is 0 Å². The van der Waals surface area contributed by atoms with Gasteiger partial charge in [-0.15, -0.1) is 0 Å². The van der Waals surface area contributed by atoms with Gasteiger partial charge in [-0.05, 0) is 28.8 Å². The number of hydrogen-bond donors (Lipinski definition) is 2. The zero-order valence-corrected chi connectivity index (χ0v) is 9.09. The highest BCUT2D eigenvalue weighted by atomic mass is 16.3. The van der Waals surface area contributed by atoms with E-state index in [1.807, 2.05) is 30.3 Å². The molecule has 3 aromatic rings. The summed E-state index contributed by atoms with van der Waals surface area (Å²) in [7, 11) is 0. The molecule has 0 saturated heterocycles. The van der Waals surface area contributed by atoms with Crippen molar-refractivity contribution in [1.29, 1.82) is 0 Å². The first-order chi connectivity index (χ1) is 8.38. The Hall–Kier alpha value is -2.20. The maximum Gasteiger partial charge on any atom is 0.155 e. The average molecular weight is 225 g/mol. The van der Waals surface area contributed by atoms with Gasteiger partial charge in [-0.1, -0.05) is 18.2 Å². The van der Waals surface area contributed by atoms with Crippen LogP contribution in [0.1, 0.15) is 5.56 Å². The lowest BCUT2D eigenvalue weighted by atomic mass is 10.0. The molecule has 4 nitrogen and oxygen atoms in total. The van der Waals surface area contributed by atoms with Gasteiger partial charge in [-0.2, -0.15) is 5.10 Å². The number of nitrogens with zero attached hydrogens (tertiary/aromatic N) is 2. The fourth-order valence-corrected chi connectivity index (χ4v) is 1.94. The number of aromatic nitrogens is 3. The molecule has 0 spiro atoms. The molecule has 0 saturated carbocycles. The second kappa shape index (κ2) is 3.99. The van der Waals surface area contributed by atoms with Crippen LogP contribution in [0.2, 0.25) is 0 Å². The molecule has 0 amide bonds. The van der Waals surface area contributed by atoms with Gasteiger partial charge < -0.3 is 5.11 Å². The van der Waals surface area contributed by atoms with Gasteiger partial charge in [0.05, 0.1) is 12.8 Å². The van der Waals surface area contributed by atoms with Crippen LogP contribution in [0.25, 0.3) is 22.2 Å². The third-order valence-electron chi connectivity index (χ3n) is 2.77. The molecule has 2 N–H and O–H groups in total. The zero-order chi connectivity index (χ0) is 11.7. The van der Waals surface area contributed by atoms with Crippen LogP contribution in [0.4, 0.5) is 0 Å². The van der Waals surface area contributed by atoms with Crippen LogP contribution in [0, 0.1) is 0 Å². The van der Waals surface area contributed by atoms with E-state index in [0.29, 0.717) is 0 Å². The number of pyridine rings is 1. The molecule has 0 atom stereocenters. The van der Waals surface area contributed by atoms with Gasteiger partial charge in [-0.3, -0.25) is 5.10 Å². The van der Waals surface area contributed by atoms with Crippen molar-refractivity contribution in [2.45, 2.75) is 6.61 Å². The Morgan fingerprint density at radius 3 is 3.06 bits per heavy atom. The first kappa shape index (κ1) is 9.99. The number of hydrogen-bond acceptors (Lipinski definition) is 3. The van der Waals surface area contributed by atoms with Crippen molar-refractivity contribution < 1.29 is 5.11 Å². The summed E-state index contributed by atoms with van der Waals surface area (Å²) >= 11 is 0. The fraction of sp³-hybridized carbons (Fsp3) is 0.0769. The number of benzene rings is 1. The number of fused-ring (bicyclic) bond motifs is 1. The Morgan fingerprint density at radius 1 is 1.24 bits per heavy atom. The molecular formula is C13H11N3O. The van der Waals surface area contributed by atoms with Gasteiger partial charge in [0.1, 0.15) is 0 Å². The van der Waals surface area contributed by atoms with E-state index in [0.717, 1.165) is 27.7 Å². The highest BCUT2D eigenvalue weighted by Gasteiger charge is 2.06. The van der Waals surface area contributed by atoms with E-state index >= 15 is 0 Å². The smallest absolute Gasteiger partial charge is 0.155 e. The summed E-state index contributed by atoms with van der Waals surface area (Å²) in [5.41, 5.74) is 3.80. The van der Waals surface area contributed by atoms with Crippen LogP contribution >= 0.6 is 0 Å². The van der Waals surface area contributed by atoms with Crippen molar-refractivity contribution in [3.8, 4) is 11.1 Å². The van der Waals surface area contributed by atoms with Crippen LogP contribution in [0.3, 0.4) is 0 Å². The van der Waals surface area contributed by atoms with Crippen molar-refractivity contribution >= 4 is 11.0 Å². The summed E-state index contributed by atoms with van der Waals surface area (Å²) in [6.07, 6.45) is 3.52. The van der Waals surface area contributed by atoms with Crippen molar-refractivity contribution in [1.82, 2.24) is 15.2 Å². The normalized spacial score (nSPS) is 10.9. The van der Waals surface area contributed by atoms with Crippen molar-refractivity contribution in [3.63, 3.8) is 0 Å². The first-order valence-corrected chi connectivity index (χ1v) is 5.37. The minimum absolute atomic E-state index is 0.0491. The Labute approximate surface area is 97.9 Å². The molecule has 2 heterocycles. The maximum atomic E-state index is 9.15. The highest BCUT2D eigenvalue weighted by molar-refractivity contribution is 5.91. The Kier molecular flexibility index (Phi) is 2.34. The number of rotatable bonds is 2. The van der Waals surface area contributed by atoms with E-state index < -0.39 is 0 Å². The molecule has 0 radical (unpaired) electrons. The molecule has 2 aromatic heterocycles. The fourth-order valence-electron chi connectivity index (χ4n) is 1.94. The quantitative estimate of drug-likeness (QED) is 0.702. The molecule has 0 fully saturated rings. The molecule has 0 aliphatic heterocycles. The highest BCUT2D eigenvalue weighted by Crippen LogP contribution is 2.26. The average Bonchev–Trinajstić information content (AvgIpc) is 2.87. The molecule has 0 aliphatic carbocycles. The van der Waals surface area contributed by atoms with E-state index in [1.54, 1.807) is 12.4 Å². The Bertz CT molecular complexity index is 660. The number of H-pyrrole nitrogens is 1. The number of aliphatic hydroxyl groups excluding tert-OH is 1. The summed E-state index contributed by atoms with van der Waals surface area (Å²) in [4.78, 5) is 4.20. The van der Waals surface area contributed by atoms with Gasteiger partial charge in [0.25, 0.3) is 0 Å². The molecule has 0 aliphatic rings. The van der Waals surface area contributed by atoms with E-state index in [1.165, 1.54) is 0 Å². The largest absolute Gasteiger partial charge is 0.392 e. The lowest BCUT2D eigenvalue weighted by molar-refractivity contribution is 0.282. The standard InChI is InChI=1S/C13H11N3O/c17-8-9-2-1-3-10(6-9)11-4-5-14-13-12(11)7-15-16-13/h1-7,17H,8H2,(H,14,15,16). The van der Waals surface area contributed by atoms with E-state index in [4.69, 9.17) is 5.11 Å². The summed E-state index contributed by atoms with van der Waals surface area (Å²) in [5, 5.41) is 17.0. The van der Waals surface area contributed by atoms with E-state index in [-0.39, 0.29) is 6.61 Å². The number of aliphatic hydroxyl groups is 1. The van der Waals surface area contributed by atoms with Crippen LogP contribution in [0.15, 0.2) is 42.7 Å². The molecule has 84 valence electrons. The molecule has 3 rings (SSSR count). The van der Waals surface area contributed by atoms with Gasteiger partial charge in [-0.25, -0.2) is 4.98 Å². The monoisotopic (exact) mass is 225 g/mol. The molecule has 1 aromatic carbocycles. The lowest BCUT2D eigenvalue weighted by Gasteiger charge is -2.04. The second-order valence-corrected chi connectivity index (χ2v) is 3.85. The predicted octanol–water partition coefficient (Wildman–Crippen LogP) is 2.12. The van der Waals surface area contributed by atoms with Gasteiger partial charge >= 0.3 is 0 Å². The Morgan fingerprint density at radius 2 is 2.18 bits per heavy atom. The summed E-state index contributed by atoms with van der Waals surface area (Å²) in [6, 6.07) is 9.78. The molecular weight excluding hydrogens is 214 g/mol. The van der Waals surface area contributed by atoms with Crippen LogP contribution in [-0.4, -0.2) is 20.3 Å². The minimum Gasteiger partial charge on any atom is -0.392 e. The summed E-state index contributed by atoms with van der Waals surface area (Å²) < 4.78 is 0. The topological polar surface area (TPSA) is 61.8 Å². The van der Waals surface area contributed by atoms with E-state index in [2.05, 4.69) is 15.2 Å². The van der Waals surface area contributed by atoms with Gasteiger partial charge in [0.15, 0.2) is 5.65 Å². The maximum absolute atomic E-state index is 9.15. The number of nitrogens with one attached hydrogen (secondary N) is 1. The van der Waals surface area contributed by atoms with Crippen molar-refractivity contribution in [3.05, 3.63) is 48.3 Å². The van der Waals surface area contributed by atoms with Crippen molar-refractivity contribution in [2.75, 3.05) is 0 Å². The predicted molar refractivity (Wildman–Crippen MR) is 65.2 cm³/mol. The SMILES string of the molecule is OCc1cccc(-c2ccnc3[nH]ncc23)c1. The third-order valence-corrected chi connectivity index (χ3v) is 2.77. The van der Waals surface area contributed by atoms with Crippen LogP contribution in [-0.2, 0) is 6.61 Å². The lowest BCUT2D eigenvalue weighted by Crippen LogP contribution is -1.86. The number of aromatic amines is 1. The van der Waals surface area contributed by atoms with Gasteiger partial charge in [0, 0.05) is 11.6 Å². The summed E-state index contributed by atoms with van der Waals surface area (Å²) in [5.74, 6) is 0. The van der Waals surface area contributed by atoms with E-state index in [9.17, 15) is 0 Å². The molecule has 17 heavy (non-hydrogen) atoms. The zero-order valence-electron chi connectivity index (χ0n) is 9.09. The second-order valence-electron chi connectivity index (χ2n) is 3.85. The van der Waals surface area contributed by atoms with Gasteiger partial charge in [0.2, 0.25) is 0 Å². The third kappa shape index (κ3) is 1.68. The first-order valence-electron chi connectivity index (χ1n) is 5.37. The van der Waals surface area contributed by atoms with Crippen LogP contribution < -0.4 is 0 Å². The minimum atomic E-state index is 0.0491.